The SMILES string of the molecule is Cc1ccccc1C1CN(c2ncccc2S(N)(=O)=O)CCO1. The summed E-state index contributed by atoms with van der Waals surface area (Å²) >= 11 is 0. The van der Waals surface area contributed by atoms with E-state index in [1.54, 1.807) is 12.3 Å². The van der Waals surface area contributed by atoms with E-state index >= 15 is 0 Å². The first-order chi connectivity index (χ1) is 11.0. The Bertz CT molecular complexity index is 808. The Morgan fingerprint density at radius 2 is 2.04 bits per heavy atom. The van der Waals surface area contributed by atoms with Gasteiger partial charge in [-0.3, -0.25) is 0 Å². The lowest BCUT2D eigenvalue weighted by molar-refractivity contribution is 0.0389. The van der Waals surface area contributed by atoms with Crippen LogP contribution in [0.15, 0.2) is 47.5 Å². The van der Waals surface area contributed by atoms with E-state index in [0.717, 1.165) is 11.1 Å². The molecule has 1 aromatic carbocycles. The number of ether oxygens (including phenoxy) is 1. The third-order valence-corrected chi connectivity index (χ3v) is 4.89. The summed E-state index contributed by atoms with van der Waals surface area (Å²) in [4.78, 5) is 6.19. The van der Waals surface area contributed by atoms with Gasteiger partial charge in [0.05, 0.1) is 6.61 Å². The molecular weight excluding hydrogens is 314 g/mol. The third-order valence-electron chi connectivity index (χ3n) is 3.96. The van der Waals surface area contributed by atoms with Crippen LogP contribution in [0.2, 0.25) is 0 Å². The number of morpholine rings is 1. The van der Waals surface area contributed by atoms with Crippen LogP contribution in [0.5, 0.6) is 0 Å². The zero-order valence-corrected chi connectivity index (χ0v) is 13.7. The van der Waals surface area contributed by atoms with Crippen LogP contribution < -0.4 is 10.0 Å². The third kappa shape index (κ3) is 3.36. The quantitative estimate of drug-likeness (QED) is 0.922. The van der Waals surface area contributed by atoms with Gasteiger partial charge in [0.25, 0.3) is 0 Å². The number of benzene rings is 1. The molecule has 2 aromatic rings. The Morgan fingerprint density at radius 3 is 2.78 bits per heavy atom. The molecule has 0 bridgehead atoms. The summed E-state index contributed by atoms with van der Waals surface area (Å²) in [6.45, 7) is 3.64. The van der Waals surface area contributed by atoms with Crippen molar-refractivity contribution >= 4 is 15.8 Å². The van der Waals surface area contributed by atoms with Crippen molar-refractivity contribution in [1.29, 1.82) is 0 Å². The molecule has 0 aliphatic carbocycles. The second kappa shape index (κ2) is 6.27. The molecule has 3 rings (SSSR count). The molecule has 1 aliphatic rings. The van der Waals surface area contributed by atoms with E-state index in [1.807, 2.05) is 36.1 Å². The number of aryl methyl sites for hydroxylation is 1. The zero-order chi connectivity index (χ0) is 16.4. The smallest absolute Gasteiger partial charge is 0.241 e. The molecule has 0 amide bonds. The highest BCUT2D eigenvalue weighted by Gasteiger charge is 2.27. The highest BCUT2D eigenvalue weighted by molar-refractivity contribution is 7.89. The molecule has 7 heteroatoms. The van der Waals surface area contributed by atoms with E-state index < -0.39 is 10.0 Å². The lowest BCUT2D eigenvalue weighted by Crippen LogP contribution is -2.40. The molecule has 23 heavy (non-hydrogen) atoms. The van der Waals surface area contributed by atoms with E-state index in [9.17, 15) is 8.42 Å². The number of sulfonamides is 1. The average molecular weight is 333 g/mol. The minimum absolute atomic E-state index is 0.0467. The second-order valence-corrected chi connectivity index (χ2v) is 7.06. The van der Waals surface area contributed by atoms with Gasteiger partial charge >= 0.3 is 0 Å². The normalized spacial score (nSPS) is 18.9. The maximum Gasteiger partial charge on any atom is 0.241 e. The number of aromatic nitrogens is 1. The minimum Gasteiger partial charge on any atom is -0.370 e. The summed E-state index contributed by atoms with van der Waals surface area (Å²) < 4.78 is 29.4. The average Bonchev–Trinajstić information content (AvgIpc) is 2.55. The van der Waals surface area contributed by atoms with E-state index in [1.165, 1.54) is 6.07 Å². The molecule has 122 valence electrons. The van der Waals surface area contributed by atoms with Crippen LogP contribution in [0.4, 0.5) is 5.82 Å². The lowest BCUT2D eigenvalue weighted by atomic mass is 10.0. The number of nitrogens with two attached hydrogens (primary N) is 1. The molecule has 1 aromatic heterocycles. The molecule has 2 heterocycles. The molecule has 1 unspecified atom stereocenters. The van der Waals surface area contributed by atoms with Crippen molar-refractivity contribution in [2.45, 2.75) is 17.9 Å². The van der Waals surface area contributed by atoms with E-state index in [-0.39, 0.29) is 11.0 Å². The van der Waals surface area contributed by atoms with E-state index in [4.69, 9.17) is 9.88 Å². The summed E-state index contributed by atoms with van der Waals surface area (Å²) in [5.74, 6) is 0.386. The largest absolute Gasteiger partial charge is 0.370 e. The summed E-state index contributed by atoms with van der Waals surface area (Å²) in [5, 5.41) is 5.31. The topological polar surface area (TPSA) is 85.5 Å². The van der Waals surface area contributed by atoms with Crippen LogP contribution >= 0.6 is 0 Å². The number of nitrogens with zero attached hydrogens (tertiary/aromatic N) is 2. The number of hydrogen-bond acceptors (Lipinski definition) is 5. The Kier molecular flexibility index (Phi) is 4.34. The number of primary sulfonamides is 1. The Labute approximate surface area is 136 Å². The van der Waals surface area contributed by atoms with E-state index in [2.05, 4.69) is 4.98 Å². The molecule has 0 radical (unpaired) electrons. The van der Waals surface area contributed by atoms with Gasteiger partial charge < -0.3 is 9.64 Å². The van der Waals surface area contributed by atoms with Crippen molar-refractivity contribution in [1.82, 2.24) is 4.98 Å². The molecule has 1 saturated heterocycles. The van der Waals surface area contributed by atoms with Crippen LogP contribution in [-0.4, -0.2) is 33.1 Å². The van der Waals surface area contributed by atoms with Gasteiger partial charge in [-0.2, -0.15) is 0 Å². The summed E-state index contributed by atoms with van der Waals surface area (Å²) in [6, 6.07) is 11.1. The fourth-order valence-corrected chi connectivity index (χ4v) is 3.52. The molecule has 0 saturated carbocycles. The lowest BCUT2D eigenvalue weighted by Gasteiger charge is -2.35. The molecule has 6 nitrogen and oxygen atoms in total. The van der Waals surface area contributed by atoms with Crippen molar-refractivity contribution in [3.05, 3.63) is 53.7 Å². The van der Waals surface area contributed by atoms with Gasteiger partial charge in [-0.25, -0.2) is 18.5 Å². The first kappa shape index (κ1) is 15.9. The van der Waals surface area contributed by atoms with E-state index in [0.29, 0.717) is 25.5 Å². The standard InChI is InChI=1S/C16H19N3O3S/c1-12-5-2-3-6-13(12)14-11-19(9-10-22-14)16-15(23(17,20)21)7-4-8-18-16/h2-8,14H,9-11H2,1H3,(H2,17,20,21). The predicted molar refractivity (Wildman–Crippen MR) is 87.7 cm³/mol. The highest BCUT2D eigenvalue weighted by Crippen LogP contribution is 2.29. The van der Waals surface area contributed by atoms with Crippen LogP contribution in [0.3, 0.4) is 0 Å². The highest BCUT2D eigenvalue weighted by atomic mass is 32.2. The fraction of sp³-hybridized carbons (Fsp3) is 0.312. The van der Waals surface area contributed by atoms with Gasteiger partial charge in [-0.1, -0.05) is 24.3 Å². The Morgan fingerprint density at radius 1 is 1.26 bits per heavy atom. The van der Waals surface area contributed by atoms with Gasteiger partial charge in [0, 0.05) is 19.3 Å². The minimum atomic E-state index is -3.82. The predicted octanol–water partition coefficient (Wildman–Crippen LogP) is 1.62. The number of anilines is 1. The van der Waals surface area contributed by atoms with Crippen molar-refractivity contribution in [2.24, 2.45) is 5.14 Å². The second-order valence-electron chi connectivity index (χ2n) is 5.53. The molecule has 0 spiro atoms. The van der Waals surface area contributed by atoms with Crippen LogP contribution in [0.25, 0.3) is 0 Å². The van der Waals surface area contributed by atoms with Crippen molar-refractivity contribution in [3.63, 3.8) is 0 Å². The van der Waals surface area contributed by atoms with Gasteiger partial charge in [-0.15, -0.1) is 0 Å². The summed E-state index contributed by atoms with van der Waals surface area (Å²) in [7, 11) is -3.82. The number of pyridine rings is 1. The van der Waals surface area contributed by atoms with Gasteiger partial charge in [-0.05, 0) is 30.2 Å². The van der Waals surface area contributed by atoms with Gasteiger partial charge in [0.2, 0.25) is 10.0 Å². The molecule has 1 aliphatic heterocycles. The zero-order valence-electron chi connectivity index (χ0n) is 12.8. The summed E-state index contributed by atoms with van der Waals surface area (Å²) in [5.41, 5.74) is 2.25. The molecule has 2 N–H and O–H groups in total. The Balaban J connectivity index is 1.93. The van der Waals surface area contributed by atoms with Crippen molar-refractivity contribution < 1.29 is 13.2 Å². The molecule has 1 fully saturated rings. The van der Waals surface area contributed by atoms with Crippen molar-refractivity contribution in [2.75, 3.05) is 24.6 Å². The maximum absolute atomic E-state index is 11.8. The van der Waals surface area contributed by atoms with Gasteiger partial charge in [0.15, 0.2) is 0 Å². The summed E-state index contributed by atoms with van der Waals surface area (Å²) in [6.07, 6.45) is 1.45. The maximum atomic E-state index is 11.8. The van der Waals surface area contributed by atoms with Crippen LogP contribution in [-0.2, 0) is 14.8 Å². The van der Waals surface area contributed by atoms with Crippen molar-refractivity contribution in [3.8, 4) is 0 Å². The fourth-order valence-electron chi connectivity index (χ4n) is 2.82. The number of rotatable bonds is 3. The monoisotopic (exact) mass is 333 g/mol. The molecular formula is C16H19N3O3S. The van der Waals surface area contributed by atoms with Gasteiger partial charge in [0.1, 0.15) is 16.8 Å². The Hall–Kier alpha value is -1.96. The first-order valence-corrected chi connectivity index (χ1v) is 8.91. The number of hydrogen-bond donors (Lipinski definition) is 1. The van der Waals surface area contributed by atoms with Crippen LogP contribution in [0, 0.1) is 6.92 Å². The first-order valence-electron chi connectivity index (χ1n) is 7.37. The van der Waals surface area contributed by atoms with Crippen LogP contribution in [0.1, 0.15) is 17.2 Å². The molecule has 1 atom stereocenters.